The molecule has 102 valence electrons. The molecule has 1 atom stereocenters. The van der Waals surface area contributed by atoms with Gasteiger partial charge in [-0.05, 0) is 44.2 Å². The summed E-state index contributed by atoms with van der Waals surface area (Å²) >= 11 is 0. The van der Waals surface area contributed by atoms with Gasteiger partial charge in [0.15, 0.2) is 0 Å². The van der Waals surface area contributed by atoms with Gasteiger partial charge in [-0.15, -0.1) is 0 Å². The highest BCUT2D eigenvalue weighted by atomic mass is 16.2. The normalized spacial score (nSPS) is 26.9. The predicted molar refractivity (Wildman–Crippen MR) is 75.8 cm³/mol. The lowest BCUT2D eigenvalue weighted by atomic mass is 9.75. The van der Waals surface area contributed by atoms with E-state index in [1.54, 1.807) is 0 Å². The topological polar surface area (TPSA) is 41.1 Å². The first kappa shape index (κ1) is 12.7. The van der Waals surface area contributed by atoms with Crippen molar-refractivity contribution in [3.8, 4) is 0 Å². The molecule has 0 radical (unpaired) electrons. The number of benzene rings is 1. The molecule has 1 saturated carbocycles. The Morgan fingerprint density at radius 1 is 1.32 bits per heavy atom. The van der Waals surface area contributed by atoms with Gasteiger partial charge in [0, 0.05) is 12.6 Å². The SMILES string of the molecule is O=C(NC1CC1)[C@]1(Cc2ccccc2)CCCNC1. The predicted octanol–water partition coefficient (Wildman–Crippen LogP) is 1.88. The van der Waals surface area contributed by atoms with Crippen molar-refractivity contribution in [1.82, 2.24) is 10.6 Å². The fraction of sp³-hybridized carbons (Fsp3) is 0.562. The van der Waals surface area contributed by atoms with Crippen molar-refractivity contribution in [2.45, 2.75) is 38.1 Å². The highest BCUT2D eigenvalue weighted by Crippen LogP contribution is 2.32. The summed E-state index contributed by atoms with van der Waals surface area (Å²) < 4.78 is 0. The van der Waals surface area contributed by atoms with Crippen molar-refractivity contribution < 1.29 is 4.79 Å². The summed E-state index contributed by atoms with van der Waals surface area (Å²) in [6.07, 6.45) is 5.24. The Hall–Kier alpha value is -1.35. The van der Waals surface area contributed by atoms with Crippen molar-refractivity contribution in [2.75, 3.05) is 13.1 Å². The molecule has 19 heavy (non-hydrogen) atoms. The number of piperidine rings is 1. The molecule has 0 aromatic heterocycles. The zero-order valence-electron chi connectivity index (χ0n) is 11.3. The van der Waals surface area contributed by atoms with Gasteiger partial charge in [-0.25, -0.2) is 0 Å². The monoisotopic (exact) mass is 258 g/mol. The van der Waals surface area contributed by atoms with Crippen LogP contribution in [0.25, 0.3) is 0 Å². The maximum absolute atomic E-state index is 12.6. The molecule has 0 unspecified atom stereocenters. The molecule has 2 fully saturated rings. The maximum Gasteiger partial charge on any atom is 0.228 e. The molecule has 0 spiro atoms. The number of nitrogens with one attached hydrogen (secondary N) is 2. The summed E-state index contributed by atoms with van der Waals surface area (Å²) in [6.45, 7) is 1.84. The van der Waals surface area contributed by atoms with Gasteiger partial charge in [0.1, 0.15) is 0 Å². The molecule has 2 aliphatic rings. The van der Waals surface area contributed by atoms with Gasteiger partial charge in [0.2, 0.25) is 5.91 Å². The minimum atomic E-state index is -0.248. The van der Waals surface area contributed by atoms with Gasteiger partial charge in [-0.3, -0.25) is 4.79 Å². The molecule has 1 aliphatic carbocycles. The molecule has 1 heterocycles. The fourth-order valence-corrected chi connectivity index (χ4v) is 2.95. The van der Waals surface area contributed by atoms with E-state index >= 15 is 0 Å². The zero-order chi connectivity index (χ0) is 13.1. The summed E-state index contributed by atoms with van der Waals surface area (Å²) in [5, 5.41) is 6.62. The number of hydrogen-bond donors (Lipinski definition) is 2. The molecule has 3 nitrogen and oxygen atoms in total. The lowest BCUT2D eigenvalue weighted by molar-refractivity contribution is -0.132. The molecule has 0 bridgehead atoms. The number of amides is 1. The lowest BCUT2D eigenvalue weighted by Gasteiger charge is -2.36. The second-order valence-electron chi connectivity index (χ2n) is 5.97. The third-order valence-electron chi connectivity index (χ3n) is 4.25. The van der Waals surface area contributed by atoms with Crippen LogP contribution in [0.1, 0.15) is 31.2 Å². The van der Waals surface area contributed by atoms with Crippen molar-refractivity contribution in [3.05, 3.63) is 35.9 Å². The molecule has 3 heteroatoms. The van der Waals surface area contributed by atoms with Crippen LogP contribution in [0.15, 0.2) is 30.3 Å². The average molecular weight is 258 g/mol. The fourth-order valence-electron chi connectivity index (χ4n) is 2.95. The maximum atomic E-state index is 12.6. The minimum Gasteiger partial charge on any atom is -0.353 e. The Kier molecular flexibility index (Phi) is 3.56. The van der Waals surface area contributed by atoms with Crippen LogP contribution in [0.2, 0.25) is 0 Å². The van der Waals surface area contributed by atoms with Crippen LogP contribution < -0.4 is 10.6 Å². The van der Waals surface area contributed by atoms with Gasteiger partial charge in [-0.2, -0.15) is 0 Å². The van der Waals surface area contributed by atoms with E-state index in [4.69, 9.17) is 0 Å². The van der Waals surface area contributed by atoms with Crippen LogP contribution in [0.4, 0.5) is 0 Å². The first-order valence-electron chi connectivity index (χ1n) is 7.34. The smallest absolute Gasteiger partial charge is 0.228 e. The largest absolute Gasteiger partial charge is 0.353 e. The van der Waals surface area contributed by atoms with Crippen molar-refractivity contribution in [2.24, 2.45) is 5.41 Å². The van der Waals surface area contributed by atoms with Gasteiger partial charge in [0.05, 0.1) is 5.41 Å². The van der Waals surface area contributed by atoms with Crippen molar-refractivity contribution in [1.29, 1.82) is 0 Å². The third kappa shape index (κ3) is 2.98. The first-order valence-corrected chi connectivity index (χ1v) is 7.34. The molecule has 1 amide bonds. The Morgan fingerprint density at radius 3 is 2.74 bits per heavy atom. The summed E-state index contributed by atoms with van der Waals surface area (Å²) in [5.74, 6) is 0.256. The number of carbonyl (C=O) groups excluding carboxylic acids is 1. The van der Waals surface area contributed by atoms with Crippen molar-refractivity contribution in [3.63, 3.8) is 0 Å². The van der Waals surface area contributed by atoms with Crippen molar-refractivity contribution >= 4 is 5.91 Å². The quantitative estimate of drug-likeness (QED) is 0.866. The molecule has 2 N–H and O–H groups in total. The van der Waals surface area contributed by atoms with E-state index in [9.17, 15) is 4.79 Å². The number of hydrogen-bond acceptors (Lipinski definition) is 2. The summed E-state index contributed by atoms with van der Waals surface area (Å²) in [6, 6.07) is 10.8. The summed E-state index contributed by atoms with van der Waals surface area (Å²) in [5.41, 5.74) is 1.01. The van der Waals surface area contributed by atoms with Crippen LogP contribution >= 0.6 is 0 Å². The average Bonchev–Trinajstić information content (AvgIpc) is 3.25. The molecular weight excluding hydrogens is 236 g/mol. The Balaban J connectivity index is 1.77. The van der Waals surface area contributed by atoms with E-state index in [0.717, 1.165) is 45.2 Å². The molecule has 1 aromatic carbocycles. The van der Waals surface area contributed by atoms with Crippen LogP contribution in [0.3, 0.4) is 0 Å². The van der Waals surface area contributed by atoms with Crippen LogP contribution in [0, 0.1) is 5.41 Å². The first-order chi connectivity index (χ1) is 9.28. The third-order valence-corrected chi connectivity index (χ3v) is 4.25. The summed E-state index contributed by atoms with van der Waals surface area (Å²) in [4.78, 5) is 12.6. The second kappa shape index (κ2) is 5.33. The number of carbonyl (C=O) groups is 1. The van der Waals surface area contributed by atoms with Gasteiger partial charge < -0.3 is 10.6 Å². The molecule has 1 aliphatic heterocycles. The molecule has 3 rings (SSSR count). The van der Waals surface area contributed by atoms with E-state index < -0.39 is 0 Å². The van der Waals surface area contributed by atoms with Crippen LogP contribution in [-0.2, 0) is 11.2 Å². The second-order valence-corrected chi connectivity index (χ2v) is 5.97. The molecule has 1 aromatic rings. The lowest BCUT2D eigenvalue weighted by Crippen LogP contribution is -2.52. The van der Waals surface area contributed by atoms with Gasteiger partial charge in [0.25, 0.3) is 0 Å². The van der Waals surface area contributed by atoms with Crippen LogP contribution in [-0.4, -0.2) is 25.0 Å². The Morgan fingerprint density at radius 2 is 2.11 bits per heavy atom. The zero-order valence-corrected chi connectivity index (χ0v) is 11.3. The standard InChI is InChI=1S/C16H22N2O/c19-15(18-14-7-8-14)16(9-4-10-17-12-16)11-13-5-2-1-3-6-13/h1-3,5-6,14,17H,4,7-12H2,(H,18,19)/t16-/m0/s1. The Labute approximate surface area is 114 Å². The molecule has 1 saturated heterocycles. The van der Waals surface area contributed by atoms with Gasteiger partial charge >= 0.3 is 0 Å². The van der Waals surface area contributed by atoms with E-state index in [1.807, 2.05) is 6.07 Å². The summed E-state index contributed by atoms with van der Waals surface area (Å²) in [7, 11) is 0. The van der Waals surface area contributed by atoms with E-state index in [2.05, 4.69) is 34.9 Å². The molecular formula is C16H22N2O. The van der Waals surface area contributed by atoms with Gasteiger partial charge in [-0.1, -0.05) is 30.3 Å². The highest BCUT2D eigenvalue weighted by Gasteiger charge is 2.41. The Bertz CT molecular complexity index is 433. The van der Waals surface area contributed by atoms with Crippen LogP contribution in [0.5, 0.6) is 0 Å². The van der Waals surface area contributed by atoms with E-state index in [0.29, 0.717) is 6.04 Å². The van der Waals surface area contributed by atoms with E-state index in [-0.39, 0.29) is 11.3 Å². The highest BCUT2D eigenvalue weighted by molar-refractivity contribution is 5.84. The minimum absolute atomic E-state index is 0.248. The number of rotatable bonds is 4. The van der Waals surface area contributed by atoms with E-state index in [1.165, 1.54) is 5.56 Å².